The van der Waals surface area contributed by atoms with E-state index < -0.39 is 24.1 Å². The van der Waals surface area contributed by atoms with Crippen LogP contribution in [0.3, 0.4) is 0 Å². The highest BCUT2D eigenvalue weighted by Crippen LogP contribution is 1.98. The molecule has 0 aliphatic carbocycles. The number of amides is 1. The zero-order chi connectivity index (χ0) is 10.4. The maximum absolute atomic E-state index is 10.2. The van der Waals surface area contributed by atoms with Crippen LogP contribution in [0.4, 0.5) is 4.79 Å². The van der Waals surface area contributed by atoms with E-state index in [9.17, 15) is 9.90 Å². The molecular weight excluding hydrogens is 178 g/mol. The molecule has 0 aliphatic heterocycles. The summed E-state index contributed by atoms with van der Waals surface area (Å²) >= 11 is 0. The molecule has 1 amide bonds. The van der Waals surface area contributed by atoms with Crippen molar-refractivity contribution in [2.75, 3.05) is 0 Å². The number of hydrogen-bond donors (Lipinski definition) is 5. The van der Waals surface area contributed by atoms with E-state index in [0.717, 1.165) is 0 Å². The summed E-state index contributed by atoms with van der Waals surface area (Å²) in [4.78, 5) is 10.2. The quantitative estimate of drug-likeness (QED) is 0.171. The van der Waals surface area contributed by atoms with Gasteiger partial charge < -0.3 is 26.5 Å². The predicted octanol–water partition coefficient (Wildman–Crippen LogP) is -0.860. The highest BCUT2D eigenvalue weighted by atomic mass is 16.4. The van der Waals surface area contributed by atoms with Crippen molar-refractivity contribution in [3.63, 3.8) is 0 Å². The number of oxime groups is 1. The number of rotatable bonds is 4. The number of aliphatic hydroxyl groups excluding tert-OH is 1. The monoisotopic (exact) mass is 191 g/mol. The van der Waals surface area contributed by atoms with Crippen molar-refractivity contribution in [3.05, 3.63) is 0 Å². The number of amidine groups is 1. The van der Waals surface area contributed by atoms with Gasteiger partial charge in [0, 0.05) is 0 Å². The molecule has 0 aromatic rings. The molecular formula is C6H13N3O4. The third kappa shape index (κ3) is 3.61. The van der Waals surface area contributed by atoms with Crippen molar-refractivity contribution in [1.29, 1.82) is 0 Å². The number of carboxylic acid groups (broad SMARTS) is 1. The van der Waals surface area contributed by atoms with E-state index in [1.165, 1.54) is 0 Å². The second kappa shape index (κ2) is 5.20. The fraction of sp³-hybridized carbons (Fsp3) is 0.667. The lowest BCUT2D eigenvalue weighted by atomic mass is 10.1. The summed E-state index contributed by atoms with van der Waals surface area (Å²) in [7, 11) is 0. The van der Waals surface area contributed by atoms with Crippen molar-refractivity contribution in [1.82, 2.24) is 5.32 Å². The molecule has 0 bridgehead atoms. The van der Waals surface area contributed by atoms with E-state index in [2.05, 4.69) is 5.16 Å². The Kier molecular flexibility index (Phi) is 4.60. The summed E-state index contributed by atoms with van der Waals surface area (Å²) < 4.78 is 0. The van der Waals surface area contributed by atoms with Gasteiger partial charge in [-0.05, 0) is 6.42 Å². The van der Waals surface area contributed by atoms with Gasteiger partial charge in [0.25, 0.3) is 0 Å². The molecule has 0 saturated heterocycles. The van der Waals surface area contributed by atoms with Crippen molar-refractivity contribution in [3.8, 4) is 0 Å². The molecule has 13 heavy (non-hydrogen) atoms. The molecule has 0 saturated carbocycles. The van der Waals surface area contributed by atoms with Gasteiger partial charge in [-0.2, -0.15) is 0 Å². The Hall–Kier alpha value is -1.50. The van der Waals surface area contributed by atoms with Gasteiger partial charge in [0.15, 0.2) is 5.84 Å². The summed E-state index contributed by atoms with van der Waals surface area (Å²) in [6, 6.07) is -0.770. The van der Waals surface area contributed by atoms with Crippen LogP contribution in [0.5, 0.6) is 0 Å². The molecule has 0 spiro atoms. The standard InChI is InChI=1S/C6H13N3O4/c1-2-3(8-6(11)12)4(10)5(7)9-13/h3-4,8,10,13H,2H2,1H3,(H2,7,9)(H,11,12)/t3-,4?/m0/s1. The average Bonchev–Trinajstić information content (AvgIpc) is 2.11. The van der Waals surface area contributed by atoms with Crippen LogP contribution in [0.1, 0.15) is 13.3 Å². The SMILES string of the molecule is CC[C@H](NC(=O)O)C(O)C(N)=NO. The van der Waals surface area contributed by atoms with Crippen LogP contribution < -0.4 is 11.1 Å². The number of nitrogens with zero attached hydrogens (tertiary/aromatic N) is 1. The fourth-order valence-corrected chi connectivity index (χ4v) is 0.828. The first kappa shape index (κ1) is 11.5. The zero-order valence-corrected chi connectivity index (χ0v) is 7.14. The van der Waals surface area contributed by atoms with Gasteiger partial charge in [-0.25, -0.2) is 4.79 Å². The van der Waals surface area contributed by atoms with Gasteiger partial charge in [0.2, 0.25) is 0 Å². The molecule has 0 aromatic carbocycles. The van der Waals surface area contributed by atoms with Crippen LogP contribution in [-0.4, -0.2) is 39.5 Å². The first-order valence-corrected chi connectivity index (χ1v) is 3.67. The van der Waals surface area contributed by atoms with Crippen LogP contribution in [0.25, 0.3) is 0 Å². The van der Waals surface area contributed by atoms with E-state index in [1.54, 1.807) is 6.92 Å². The maximum Gasteiger partial charge on any atom is 0.404 e. The number of nitrogens with two attached hydrogens (primary N) is 1. The van der Waals surface area contributed by atoms with Gasteiger partial charge >= 0.3 is 6.09 Å². The molecule has 2 atom stereocenters. The third-order valence-electron chi connectivity index (χ3n) is 1.55. The van der Waals surface area contributed by atoms with Crippen LogP contribution in [0, 0.1) is 0 Å². The number of aliphatic hydroxyl groups is 1. The number of carbonyl (C=O) groups is 1. The molecule has 0 aliphatic rings. The Morgan fingerprint density at radius 1 is 1.69 bits per heavy atom. The molecule has 0 rings (SSSR count). The van der Waals surface area contributed by atoms with Crippen molar-refractivity contribution < 1.29 is 20.2 Å². The van der Waals surface area contributed by atoms with Gasteiger partial charge in [-0.1, -0.05) is 12.1 Å². The summed E-state index contributed by atoms with van der Waals surface area (Å²) in [6.45, 7) is 1.66. The first-order valence-electron chi connectivity index (χ1n) is 3.67. The largest absolute Gasteiger partial charge is 0.465 e. The van der Waals surface area contributed by atoms with Crippen LogP contribution in [-0.2, 0) is 0 Å². The lowest BCUT2D eigenvalue weighted by molar-refractivity contribution is 0.155. The van der Waals surface area contributed by atoms with E-state index >= 15 is 0 Å². The van der Waals surface area contributed by atoms with Crippen LogP contribution in [0.2, 0.25) is 0 Å². The molecule has 7 nitrogen and oxygen atoms in total. The number of hydrogen-bond acceptors (Lipinski definition) is 4. The summed E-state index contributed by atoms with van der Waals surface area (Å²) in [5, 5.41) is 30.5. The lowest BCUT2D eigenvalue weighted by Crippen LogP contribution is -2.48. The second-order valence-corrected chi connectivity index (χ2v) is 2.43. The minimum atomic E-state index is -1.31. The van der Waals surface area contributed by atoms with E-state index in [0.29, 0.717) is 6.42 Å². The first-order chi connectivity index (χ1) is 6.02. The summed E-state index contributed by atoms with van der Waals surface area (Å²) in [5.74, 6) is -0.416. The molecule has 0 aromatic heterocycles. The highest BCUT2D eigenvalue weighted by Gasteiger charge is 2.22. The molecule has 76 valence electrons. The van der Waals surface area contributed by atoms with Crippen molar-refractivity contribution in [2.24, 2.45) is 10.9 Å². The minimum Gasteiger partial charge on any atom is -0.465 e. The summed E-state index contributed by atoms with van der Waals surface area (Å²) in [5.41, 5.74) is 5.09. The highest BCUT2D eigenvalue weighted by molar-refractivity contribution is 5.85. The van der Waals surface area contributed by atoms with Gasteiger partial charge in [-0.15, -0.1) is 0 Å². The van der Waals surface area contributed by atoms with Gasteiger partial charge in [0.05, 0.1) is 6.04 Å². The molecule has 0 fully saturated rings. The van der Waals surface area contributed by atoms with E-state index in [4.69, 9.17) is 16.0 Å². The third-order valence-corrected chi connectivity index (χ3v) is 1.55. The van der Waals surface area contributed by atoms with Crippen molar-refractivity contribution >= 4 is 11.9 Å². The molecule has 1 unspecified atom stereocenters. The Morgan fingerprint density at radius 3 is 2.54 bits per heavy atom. The molecule has 0 heterocycles. The van der Waals surface area contributed by atoms with Gasteiger partial charge in [0.1, 0.15) is 6.10 Å². The second-order valence-electron chi connectivity index (χ2n) is 2.43. The normalized spacial score (nSPS) is 16.3. The Labute approximate surface area is 74.8 Å². The average molecular weight is 191 g/mol. The Bertz CT molecular complexity index is 206. The van der Waals surface area contributed by atoms with E-state index in [1.807, 2.05) is 5.32 Å². The maximum atomic E-state index is 10.2. The van der Waals surface area contributed by atoms with Crippen LogP contribution in [0.15, 0.2) is 5.16 Å². The van der Waals surface area contributed by atoms with Crippen molar-refractivity contribution in [2.45, 2.75) is 25.5 Å². The topological polar surface area (TPSA) is 128 Å². The zero-order valence-electron chi connectivity index (χ0n) is 7.14. The molecule has 0 radical (unpaired) electrons. The molecule has 6 N–H and O–H groups in total. The van der Waals surface area contributed by atoms with Gasteiger partial charge in [-0.3, -0.25) is 0 Å². The minimum absolute atomic E-state index is 0.337. The van der Waals surface area contributed by atoms with E-state index in [-0.39, 0.29) is 0 Å². The Morgan fingerprint density at radius 2 is 2.23 bits per heavy atom. The van der Waals surface area contributed by atoms with Crippen LogP contribution >= 0.6 is 0 Å². The predicted molar refractivity (Wildman–Crippen MR) is 44.7 cm³/mol. The Balaban J connectivity index is 4.31. The fourth-order valence-electron chi connectivity index (χ4n) is 0.828. The smallest absolute Gasteiger partial charge is 0.404 e. The lowest BCUT2D eigenvalue weighted by Gasteiger charge is -2.19. The number of nitrogens with one attached hydrogen (secondary N) is 1. The molecule has 7 heteroatoms. The summed E-state index contributed by atoms with van der Waals surface area (Å²) in [6.07, 6.45) is -2.24.